The Labute approximate surface area is 168 Å². The fourth-order valence-electron chi connectivity index (χ4n) is 4.06. The highest BCUT2D eigenvalue weighted by atomic mass is 16.2. The van der Waals surface area contributed by atoms with Gasteiger partial charge in [-0.1, -0.05) is 42.0 Å². The van der Waals surface area contributed by atoms with E-state index < -0.39 is 11.8 Å². The standard InChI is InChI=1S/C23H33N3O2/c27-22(24-14-11-19-7-3-1-4-8-19)23(28)25-17-20-12-15-26(16-13-20)18-21-9-5-2-6-10-21/h2,5-7,9-10,20H,1,3-4,8,11-18H2,(H,24,27)(H,25,28). The number of hydrogen-bond acceptors (Lipinski definition) is 3. The van der Waals surface area contributed by atoms with Crippen LogP contribution in [0.15, 0.2) is 42.0 Å². The molecule has 1 aliphatic heterocycles. The van der Waals surface area contributed by atoms with Crippen LogP contribution in [0.25, 0.3) is 0 Å². The smallest absolute Gasteiger partial charge is 0.309 e. The van der Waals surface area contributed by atoms with Gasteiger partial charge in [0.2, 0.25) is 0 Å². The number of allylic oxidation sites excluding steroid dienone is 1. The molecule has 3 rings (SSSR count). The molecule has 0 aromatic heterocycles. The van der Waals surface area contributed by atoms with Crippen molar-refractivity contribution in [1.82, 2.24) is 15.5 Å². The number of hydrogen-bond donors (Lipinski definition) is 2. The Bertz CT molecular complexity index is 664. The van der Waals surface area contributed by atoms with Gasteiger partial charge in [-0.05, 0) is 69.5 Å². The van der Waals surface area contributed by atoms with E-state index in [2.05, 4.69) is 45.9 Å². The third kappa shape index (κ3) is 6.79. The summed E-state index contributed by atoms with van der Waals surface area (Å²) in [6.07, 6.45) is 10.0. The fraction of sp³-hybridized carbons (Fsp3) is 0.565. The number of carbonyl (C=O) groups is 2. The van der Waals surface area contributed by atoms with Crippen molar-refractivity contribution in [3.63, 3.8) is 0 Å². The maximum absolute atomic E-state index is 12.0. The second-order valence-electron chi connectivity index (χ2n) is 8.03. The summed E-state index contributed by atoms with van der Waals surface area (Å²) in [7, 11) is 0. The summed E-state index contributed by atoms with van der Waals surface area (Å²) in [6, 6.07) is 10.5. The molecule has 0 saturated carbocycles. The molecule has 0 spiro atoms. The molecule has 5 nitrogen and oxygen atoms in total. The Morgan fingerprint density at radius 3 is 2.46 bits per heavy atom. The zero-order valence-corrected chi connectivity index (χ0v) is 16.8. The third-order valence-corrected chi connectivity index (χ3v) is 5.83. The van der Waals surface area contributed by atoms with Crippen LogP contribution in [0.4, 0.5) is 0 Å². The molecule has 2 aliphatic rings. The van der Waals surface area contributed by atoms with Crippen molar-refractivity contribution in [3.05, 3.63) is 47.5 Å². The van der Waals surface area contributed by atoms with E-state index in [1.807, 2.05) is 6.07 Å². The van der Waals surface area contributed by atoms with Gasteiger partial charge in [-0.3, -0.25) is 14.5 Å². The number of likely N-dealkylation sites (tertiary alicyclic amines) is 1. The van der Waals surface area contributed by atoms with Crippen molar-refractivity contribution in [1.29, 1.82) is 0 Å². The highest BCUT2D eigenvalue weighted by molar-refractivity contribution is 6.35. The summed E-state index contributed by atoms with van der Waals surface area (Å²) in [6.45, 7) is 4.21. The van der Waals surface area contributed by atoms with Gasteiger partial charge >= 0.3 is 11.8 Å². The summed E-state index contributed by atoms with van der Waals surface area (Å²) in [5.41, 5.74) is 2.75. The first-order chi connectivity index (χ1) is 13.7. The second-order valence-corrected chi connectivity index (χ2v) is 8.03. The Hall–Kier alpha value is -2.14. The van der Waals surface area contributed by atoms with Crippen LogP contribution in [-0.2, 0) is 16.1 Å². The lowest BCUT2D eigenvalue weighted by atomic mass is 9.96. The van der Waals surface area contributed by atoms with E-state index >= 15 is 0 Å². The Balaban J connectivity index is 1.28. The maximum Gasteiger partial charge on any atom is 0.309 e. The van der Waals surface area contributed by atoms with Gasteiger partial charge in [0.15, 0.2) is 0 Å². The van der Waals surface area contributed by atoms with E-state index in [4.69, 9.17) is 0 Å². The molecular weight excluding hydrogens is 350 g/mol. The summed E-state index contributed by atoms with van der Waals surface area (Å²) in [5, 5.41) is 5.57. The van der Waals surface area contributed by atoms with Gasteiger partial charge in [0, 0.05) is 19.6 Å². The van der Waals surface area contributed by atoms with Crippen molar-refractivity contribution < 1.29 is 9.59 Å². The average Bonchev–Trinajstić information content (AvgIpc) is 2.74. The number of rotatable bonds is 7. The Kier molecular flexibility index (Phi) is 8.09. The predicted molar refractivity (Wildman–Crippen MR) is 112 cm³/mol. The van der Waals surface area contributed by atoms with Crippen molar-refractivity contribution in [2.75, 3.05) is 26.2 Å². The molecule has 1 aromatic carbocycles. The average molecular weight is 384 g/mol. The zero-order valence-electron chi connectivity index (χ0n) is 16.8. The monoisotopic (exact) mass is 383 g/mol. The first kappa shape index (κ1) is 20.6. The molecular formula is C23H33N3O2. The van der Waals surface area contributed by atoms with Gasteiger partial charge in [0.05, 0.1) is 0 Å². The summed E-state index contributed by atoms with van der Waals surface area (Å²) >= 11 is 0. The normalized spacial score (nSPS) is 18.4. The molecule has 0 atom stereocenters. The minimum Gasteiger partial charge on any atom is -0.348 e. The molecule has 1 aliphatic carbocycles. The van der Waals surface area contributed by atoms with Crippen LogP contribution >= 0.6 is 0 Å². The number of piperidine rings is 1. The van der Waals surface area contributed by atoms with Crippen LogP contribution in [0.5, 0.6) is 0 Å². The van der Waals surface area contributed by atoms with Crippen LogP contribution in [0, 0.1) is 5.92 Å². The largest absolute Gasteiger partial charge is 0.348 e. The van der Waals surface area contributed by atoms with Crippen LogP contribution < -0.4 is 10.6 Å². The zero-order chi connectivity index (χ0) is 19.6. The third-order valence-electron chi connectivity index (χ3n) is 5.83. The lowest BCUT2D eigenvalue weighted by molar-refractivity contribution is -0.139. The predicted octanol–water partition coefficient (Wildman–Crippen LogP) is 3.02. The van der Waals surface area contributed by atoms with Gasteiger partial charge in [0.1, 0.15) is 0 Å². The van der Waals surface area contributed by atoms with Gasteiger partial charge in [-0.25, -0.2) is 0 Å². The number of nitrogens with zero attached hydrogens (tertiary/aromatic N) is 1. The maximum atomic E-state index is 12.0. The highest BCUT2D eigenvalue weighted by Gasteiger charge is 2.21. The van der Waals surface area contributed by atoms with E-state index in [9.17, 15) is 9.59 Å². The van der Waals surface area contributed by atoms with Gasteiger partial charge in [0.25, 0.3) is 0 Å². The summed E-state index contributed by atoms with van der Waals surface area (Å²) < 4.78 is 0. The minimum absolute atomic E-state index is 0.455. The molecule has 5 heteroatoms. The Morgan fingerprint density at radius 2 is 1.75 bits per heavy atom. The fourth-order valence-corrected chi connectivity index (χ4v) is 4.06. The first-order valence-corrected chi connectivity index (χ1v) is 10.7. The topological polar surface area (TPSA) is 61.4 Å². The lowest BCUT2D eigenvalue weighted by Gasteiger charge is -2.32. The molecule has 152 valence electrons. The molecule has 0 radical (unpaired) electrons. The van der Waals surface area contributed by atoms with Crippen molar-refractivity contribution >= 4 is 11.8 Å². The molecule has 1 heterocycles. The van der Waals surface area contributed by atoms with Crippen LogP contribution in [0.3, 0.4) is 0 Å². The molecule has 1 aromatic rings. The summed E-state index contributed by atoms with van der Waals surface area (Å²) in [5.74, 6) is -0.543. The number of amides is 2. The molecule has 0 bridgehead atoms. The van der Waals surface area contributed by atoms with Crippen LogP contribution in [0.1, 0.15) is 50.5 Å². The lowest BCUT2D eigenvalue weighted by Crippen LogP contribution is -2.44. The number of carbonyl (C=O) groups excluding carboxylic acids is 2. The van der Waals surface area contributed by atoms with E-state index in [0.29, 0.717) is 19.0 Å². The van der Waals surface area contributed by atoms with E-state index in [1.165, 1.54) is 24.0 Å². The molecule has 1 fully saturated rings. The van der Waals surface area contributed by atoms with E-state index in [-0.39, 0.29) is 0 Å². The minimum atomic E-state index is -0.502. The van der Waals surface area contributed by atoms with Gasteiger partial charge < -0.3 is 10.6 Å². The van der Waals surface area contributed by atoms with Crippen molar-refractivity contribution in [2.45, 2.75) is 51.5 Å². The van der Waals surface area contributed by atoms with Crippen molar-refractivity contribution in [2.24, 2.45) is 5.92 Å². The molecule has 1 saturated heterocycles. The molecule has 2 amide bonds. The van der Waals surface area contributed by atoms with Crippen LogP contribution in [0.2, 0.25) is 0 Å². The molecule has 0 unspecified atom stereocenters. The SMILES string of the molecule is O=C(NCCC1=CCCCC1)C(=O)NCC1CCN(Cc2ccccc2)CC1. The van der Waals surface area contributed by atoms with Crippen molar-refractivity contribution in [3.8, 4) is 0 Å². The second kappa shape index (κ2) is 11.0. The molecule has 28 heavy (non-hydrogen) atoms. The van der Waals surface area contributed by atoms with Crippen LogP contribution in [-0.4, -0.2) is 42.9 Å². The first-order valence-electron chi connectivity index (χ1n) is 10.7. The summed E-state index contributed by atoms with van der Waals surface area (Å²) in [4.78, 5) is 26.4. The van der Waals surface area contributed by atoms with E-state index in [0.717, 1.165) is 51.7 Å². The van der Waals surface area contributed by atoms with E-state index in [1.54, 1.807) is 0 Å². The Morgan fingerprint density at radius 1 is 1.00 bits per heavy atom. The number of nitrogens with one attached hydrogen (secondary N) is 2. The quantitative estimate of drug-likeness (QED) is 0.562. The van der Waals surface area contributed by atoms with Gasteiger partial charge in [-0.15, -0.1) is 0 Å². The molecule has 2 N–H and O–H groups in total. The highest BCUT2D eigenvalue weighted by Crippen LogP contribution is 2.20. The number of benzene rings is 1. The van der Waals surface area contributed by atoms with Gasteiger partial charge in [-0.2, -0.15) is 0 Å².